The van der Waals surface area contributed by atoms with Crippen molar-refractivity contribution in [2.75, 3.05) is 14.2 Å². The molecule has 0 atom stereocenters. The number of hydrogen-bond acceptors (Lipinski definition) is 5. The number of alkyl halides is 3. The van der Waals surface area contributed by atoms with Gasteiger partial charge in [-0.25, -0.2) is 0 Å². The van der Waals surface area contributed by atoms with E-state index < -0.39 is 22.9 Å². The largest absolute Gasteiger partial charge is 0.497 e. The normalized spacial score (nSPS) is 11.4. The van der Waals surface area contributed by atoms with Gasteiger partial charge in [-0.1, -0.05) is 30.3 Å². The fourth-order valence-electron chi connectivity index (χ4n) is 3.47. The summed E-state index contributed by atoms with van der Waals surface area (Å²) < 4.78 is 62.8. The van der Waals surface area contributed by atoms with Gasteiger partial charge < -0.3 is 18.6 Å². The monoisotopic (exact) mass is 456 g/mol. The van der Waals surface area contributed by atoms with Gasteiger partial charge in [-0.15, -0.1) is 0 Å². The van der Waals surface area contributed by atoms with Crippen LogP contribution < -0.4 is 19.6 Å². The van der Waals surface area contributed by atoms with Crippen LogP contribution in [0.15, 0.2) is 75.9 Å². The highest BCUT2D eigenvalue weighted by molar-refractivity contribution is 5.84. The van der Waals surface area contributed by atoms with Gasteiger partial charge in [-0.2, -0.15) is 13.2 Å². The number of rotatable bonds is 6. The summed E-state index contributed by atoms with van der Waals surface area (Å²) in [6, 6.07) is 17.1. The van der Waals surface area contributed by atoms with Crippen LogP contribution >= 0.6 is 0 Å². The Morgan fingerprint density at radius 2 is 1.58 bits per heavy atom. The number of methoxy groups -OCH3 is 2. The number of ether oxygens (including phenoxy) is 3. The van der Waals surface area contributed by atoms with Crippen molar-refractivity contribution in [2.45, 2.75) is 12.8 Å². The standard InChI is InChI=1S/C25H19F3O5/c1-30-17-9-7-15(8-10-17)22-23(29)19-12-11-18(13-21(19)33-24(22)25(26,27)28)32-14-16-5-3-4-6-20(16)31-2/h3-13H,14H2,1-2H3. The second-order valence-corrected chi connectivity index (χ2v) is 7.12. The van der Waals surface area contributed by atoms with E-state index in [9.17, 15) is 18.0 Å². The SMILES string of the molecule is COc1ccc(-c2c(C(F)(F)F)oc3cc(OCc4ccccc4OC)ccc3c2=O)cc1. The Labute approximate surface area is 186 Å². The number of fused-ring (bicyclic) bond motifs is 1. The highest BCUT2D eigenvalue weighted by Crippen LogP contribution is 2.38. The summed E-state index contributed by atoms with van der Waals surface area (Å²) >= 11 is 0. The van der Waals surface area contributed by atoms with Crippen molar-refractivity contribution < 1.29 is 31.8 Å². The molecular weight excluding hydrogens is 437 g/mol. The first kappa shape index (κ1) is 22.3. The molecule has 0 spiro atoms. The van der Waals surface area contributed by atoms with Gasteiger partial charge in [0.05, 0.1) is 25.2 Å². The van der Waals surface area contributed by atoms with Gasteiger partial charge in [-0.3, -0.25) is 4.79 Å². The van der Waals surface area contributed by atoms with Crippen LogP contribution in [0.2, 0.25) is 0 Å². The molecule has 0 bridgehead atoms. The Morgan fingerprint density at radius 1 is 0.879 bits per heavy atom. The third kappa shape index (κ3) is 4.50. The summed E-state index contributed by atoms with van der Waals surface area (Å²) in [5.74, 6) is -0.0449. The summed E-state index contributed by atoms with van der Waals surface area (Å²) in [5, 5.41) is 0.0125. The van der Waals surface area contributed by atoms with Crippen molar-refractivity contribution in [3.05, 3.63) is 88.3 Å². The molecule has 0 fully saturated rings. The molecule has 0 N–H and O–H groups in total. The Balaban J connectivity index is 1.77. The molecule has 0 saturated carbocycles. The van der Waals surface area contributed by atoms with Gasteiger partial charge in [0.2, 0.25) is 11.2 Å². The molecule has 3 aromatic carbocycles. The molecule has 0 aliphatic carbocycles. The van der Waals surface area contributed by atoms with Crippen molar-refractivity contribution in [2.24, 2.45) is 0 Å². The van der Waals surface area contributed by atoms with Crippen LogP contribution in [0, 0.1) is 0 Å². The minimum absolute atomic E-state index is 0.0125. The lowest BCUT2D eigenvalue weighted by molar-refractivity contribution is -0.152. The molecule has 4 aromatic rings. The minimum atomic E-state index is -4.88. The lowest BCUT2D eigenvalue weighted by atomic mass is 10.0. The minimum Gasteiger partial charge on any atom is -0.497 e. The van der Waals surface area contributed by atoms with Crippen molar-refractivity contribution in [3.63, 3.8) is 0 Å². The number of hydrogen-bond donors (Lipinski definition) is 0. The topological polar surface area (TPSA) is 57.9 Å². The van der Waals surface area contributed by atoms with E-state index >= 15 is 0 Å². The average Bonchev–Trinajstić information content (AvgIpc) is 2.82. The first-order chi connectivity index (χ1) is 15.8. The van der Waals surface area contributed by atoms with Crippen LogP contribution in [0.25, 0.3) is 22.1 Å². The molecule has 1 aromatic heterocycles. The van der Waals surface area contributed by atoms with Crippen molar-refractivity contribution >= 4 is 11.0 Å². The second-order valence-electron chi connectivity index (χ2n) is 7.12. The van der Waals surface area contributed by atoms with E-state index in [1.165, 1.54) is 56.7 Å². The molecule has 5 nitrogen and oxygen atoms in total. The summed E-state index contributed by atoms with van der Waals surface area (Å²) in [4.78, 5) is 13.1. The quantitative estimate of drug-likeness (QED) is 0.352. The highest BCUT2D eigenvalue weighted by atomic mass is 19.4. The van der Waals surface area contributed by atoms with Gasteiger partial charge >= 0.3 is 6.18 Å². The summed E-state index contributed by atoms with van der Waals surface area (Å²) in [6.45, 7) is 0.121. The van der Waals surface area contributed by atoms with E-state index in [0.29, 0.717) is 11.5 Å². The maximum absolute atomic E-state index is 13.8. The van der Waals surface area contributed by atoms with E-state index in [1.54, 1.807) is 6.07 Å². The summed E-state index contributed by atoms with van der Waals surface area (Å²) in [7, 11) is 2.97. The molecule has 170 valence electrons. The van der Waals surface area contributed by atoms with Gasteiger partial charge in [0, 0.05) is 11.6 Å². The Hall–Kier alpha value is -3.94. The van der Waals surface area contributed by atoms with Gasteiger partial charge in [0.25, 0.3) is 0 Å². The average molecular weight is 456 g/mol. The van der Waals surface area contributed by atoms with E-state index in [1.807, 2.05) is 18.2 Å². The Bertz CT molecular complexity index is 1340. The van der Waals surface area contributed by atoms with Crippen LogP contribution in [0.5, 0.6) is 17.2 Å². The highest BCUT2D eigenvalue weighted by Gasteiger charge is 2.39. The van der Waals surface area contributed by atoms with Crippen LogP contribution in [0.4, 0.5) is 13.2 Å². The molecule has 0 aliphatic heterocycles. The second kappa shape index (κ2) is 8.90. The molecule has 0 radical (unpaired) electrons. The first-order valence-electron chi connectivity index (χ1n) is 9.89. The maximum atomic E-state index is 13.8. The van der Waals surface area contributed by atoms with Crippen LogP contribution in [0.1, 0.15) is 11.3 Å². The van der Waals surface area contributed by atoms with Crippen LogP contribution in [-0.4, -0.2) is 14.2 Å². The van der Waals surface area contributed by atoms with Crippen LogP contribution in [-0.2, 0) is 12.8 Å². The molecular formula is C25H19F3O5. The molecule has 4 rings (SSSR count). The Morgan fingerprint density at radius 3 is 2.24 bits per heavy atom. The van der Waals surface area contributed by atoms with Crippen LogP contribution in [0.3, 0.4) is 0 Å². The summed E-state index contributed by atoms with van der Waals surface area (Å²) in [6.07, 6.45) is -4.88. The first-order valence-corrected chi connectivity index (χ1v) is 9.89. The van der Waals surface area contributed by atoms with Crippen molar-refractivity contribution in [1.29, 1.82) is 0 Å². The molecule has 33 heavy (non-hydrogen) atoms. The molecule has 0 aliphatic rings. The molecule has 1 heterocycles. The fraction of sp³-hybridized carbons (Fsp3) is 0.160. The van der Waals surface area contributed by atoms with E-state index in [-0.39, 0.29) is 28.9 Å². The van der Waals surface area contributed by atoms with Gasteiger partial charge in [0.15, 0.2) is 0 Å². The predicted molar refractivity (Wildman–Crippen MR) is 117 cm³/mol. The number of halogens is 3. The molecule has 0 saturated heterocycles. The number of benzene rings is 3. The third-order valence-electron chi connectivity index (χ3n) is 5.09. The van der Waals surface area contributed by atoms with E-state index in [4.69, 9.17) is 18.6 Å². The lowest BCUT2D eigenvalue weighted by Crippen LogP contribution is -2.16. The smallest absolute Gasteiger partial charge is 0.450 e. The van der Waals surface area contributed by atoms with E-state index in [0.717, 1.165) is 5.56 Å². The zero-order valence-corrected chi connectivity index (χ0v) is 17.7. The number of para-hydroxylation sites is 1. The van der Waals surface area contributed by atoms with Crippen molar-refractivity contribution in [3.8, 4) is 28.4 Å². The Kier molecular flexibility index (Phi) is 6.00. The van der Waals surface area contributed by atoms with Crippen molar-refractivity contribution in [1.82, 2.24) is 0 Å². The fourth-order valence-corrected chi connectivity index (χ4v) is 3.47. The lowest BCUT2D eigenvalue weighted by Gasteiger charge is -2.14. The molecule has 0 unspecified atom stereocenters. The summed E-state index contributed by atoms with van der Waals surface area (Å²) in [5.41, 5.74) is -0.727. The zero-order valence-electron chi connectivity index (χ0n) is 17.7. The third-order valence-corrected chi connectivity index (χ3v) is 5.09. The maximum Gasteiger partial charge on any atom is 0.450 e. The van der Waals surface area contributed by atoms with Gasteiger partial charge in [-0.05, 0) is 35.9 Å². The molecule has 0 amide bonds. The predicted octanol–water partition coefficient (Wildman–Crippen LogP) is 6.08. The molecule has 8 heteroatoms. The van der Waals surface area contributed by atoms with E-state index in [2.05, 4.69) is 0 Å². The zero-order chi connectivity index (χ0) is 23.6. The van der Waals surface area contributed by atoms with Gasteiger partial charge in [0.1, 0.15) is 29.4 Å².